The molecule has 204 valence electrons. The minimum Gasteiger partial charge on any atom is -0.408 e. The highest BCUT2D eigenvalue weighted by atomic mass is 35.5. The largest absolute Gasteiger partial charge is 0.420 e. The van der Waals surface area contributed by atoms with Gasteiger partial charge in [0.2, 0.25) is 0 Å². The Kier molecular flexibility index (Phi) is 6.74. The van der Waals surface area contributed by atoms with E-state index in [1.54, 1.807) is 0 Å². The fourth-order valence-corrected chi connectivity index (χ4v) is 7.66. The lowest BCUT2D eigenvalue weighted by Gasteiger charge is -2.36. The number of oxazole rings is 1. The summed E-state index contributed by atoms with van der Waals surface area (Å²) < 4.78 is 20.7. The van der Waals surface area contributed by atoms with Crippen LogP contribution < -0.4 is 11.1 Å². The van der Waals surface area contributed by atoms with Gasteiger partial charge in [0.15, 0.2) is 11.4 Å². The molecule has 9 heteroatoms. The topological polar surface area (TPSA) is 77.1 Å². The van der Waals surface area contributed by atoms with Crippen LogP contribution in [0.5, 0.6) is 0 Å². The molecule has 1 fully saturated rings. The molecule has 0 spiro atoms. The summed E-state index contributed by atoms with van der Waals surface area (Å²) in [7, 11) is 0. The molecule has 6 rings (SSSR count). The number of dihydropyridines is 1. The van der Waals surface area contributed by atoms with E-state index in [0.29, 0.717) is 22.7 Å². The lowest BCUT2D eigenvalue weighted by atomic mass is 9.78. The number of benzene rings is 1. The second-order valence-corrected chi connectivity index (χ2v) is 13.1. The minimum absolute atomic E-state index is 0.0412. The number of fused-ring (bicyclic) bond motifs is 1. The lowest BCUT2D eigenvalue weighted by Crippen LogP contribution is -2.41. The Labute approximate surface area is 235 Å². The Bertz CT molecular complexity index is 1600. The molecule has 0 amide bonds. The highest BCUT2D eigenvalue weighted by Crippen LogP contribution is 2.56. The van der Waals surface area contributed by atoms with E-state index in [1.807, 2.05) is 30.0 Å². The third kappa shape index (κ3) is 4.86. The van der Waals surface area contributed by atoms with Crippen molar-refractivity contribution in [1.29, 1.82) is 0 Å². The number of halogens is 2. The molecule has 1 N–H and O–H groups in total. The van der Waals surface area contributed by atoms with Crippen molar-refractivity contribution >= 4 is 46.3 Å². The number of rotatable bonds is 8. The first-order valence-corrected chi connectivity index (χ1v) is 14.8. The van der Waals surface area contributed by atoms with E-state index in [4.69, 9.17) is 16.0 Å². The van der Waals surface area contributed by atoms with Gasteiger partial charge >= 0.3 is 5.76 Å². The van der Waals surface area contributed by atoms with Crippen molar-refractivity contribution in [1.82, 2.24) is 14.9 Å². The lowest BCUT2D eigenvalue weighted by molar-refractivity contribution is -0.105. The average Bonchev–Trinajstić information content (AvgIpc) is 3.57. The van der Waals surface area contributed by atoms with Crippen molar-refractivity contribution in [2.45, 2.75) is 59.0 Å². The third-order valence-electron chi connectivity index (χ3n) is 7.99. The number of nitrogens with one attached hydrogen (secondary N) is 1. The first kappa shape index (κ1) is 26.4. The van der Waals surface area contributed by atoms with Crippen LogP contribution in [0.15, 0.2) is 55.8 Å². The van der Waals surface area contributed by atoms with Gasteiger partial charge in [0.05, 0.1) is 35.0 Å². The average molecular weight is 568 g/mol. The molecular weight excluding hydrogens is 537 g/mol. The van der Waals surface area contributed by atoms with Gasteiger partial charge < -0.3 is 9.73 Å². The Morgan fingerprint density at radius 1 is 1.33 bits per heavy atom. The molecule has 3 aromatic rings. The molecule has 2 atom stereocenters. The first-order valence-electron chi connectivity index (χ1n) is 13.4. The predicted octanol–water partition coefficient (Wildman–Crippen LogP) is 6.57. The van der Waals surface area contributed by atoms with Crippen molar-refractivity contribution < 1.29 is 13.6 Å². The third-order valence-corrected chi connectivity index (χ3v) is 9.76. The summed E-state index contributed by atoms with van der Waals surface area (Å²) in [5.74, 6) is 1.02. The number of thioether (sulfide) groups is 1. The van der Waals surface area contributed by atoms with E-state index >= 15 is 0 Å². The summed E-state index contributed by atoms with van der Waals surface area (Å²) in [6, 6.07) is 6.99. The molecule has 6 nitrogen and oxygen atoms in total. The van der Waals surface area contributed by atoms with Gasteiger partial charge in [-0.05, 0) is 48.4 Å². The van der Waals surface area contributed by atoms with Gasteiger partial charge in [-0.1, -0.05) is 51.3 Å². The smallest absolute Gasteiger partial charge is 0.408 e. The van der Waals surface area contributed by atoms with Gasteiger partial charge in [0.1, 0.15) is 6.29 Å². The summed E-state index contributed by atoms with van der Waals surface area (Å²) in [5, 5.41) is 3.75. The van der Waals surface area contributed by atoms with Crippen LogP contribution >= 0.6 is 23.4 Å². The normalized spacial score (nSPS) is 23.1. The zero-order valence-corrected chi connectivity index (χ0v) is 23.8. The van der Waals surface area contributed by atoms with Gasteiger partial charge in [0.25, 0.3) is 0 Å². The molecule has 2 aliphatic heterocycles. The molecule has 0 saturated heterocycles. The van der Waals surface area contributed by atoms with Crippen molar-refractivity contribution in [2.75, 3.05) is 5.75 Å². The Hall–Kier alpha value is -2.84. The number of aromatic nitrogens is 2. The van der Waals surface area contributed by atoms with Crippen molar-refractivity contribution in [3.05, 3.63) is 79.3 Å². The summed E-state index contributed by atoms with van der Waals surface area (Å²) in [6.45, 7) is 6.79. The van der Waals surface area contributed by atoms with Crippen LogP contribution in [0.3, 0.4) is 0 Å². The zero-order valence-electron chi connectivity index (χ0n) is 22.2. The molecule has 0 bridgehead atoms. The second kappa shape index (κ2) is 9.97. The number of carbonyl (C=O) groups excluding carboxylic acids is 1. The van der Waals surface area contributed by atoms with Gasteiger partial charge in [0, 0.05) is 32.9 Å². The van der Waals surface area contributed by atoms with E-state index in [-0.39, 0.29) is 23.0 Å². The summed E-state index contributed by atoms with van der Waals surface area (Å²) in [6.07, 6.45) is 6.63. The van der Waals surface area contributed by atoms with Gasteiger partial charge in [-0.3, -0.25) is 14.3 Å². The minimum atomic E-state index is -0.613. The summed E-state index contributed by atoms with van der Waals surface area (Å²) in [5.41, 5.74) is 5.31. The molecule has 0 radical (unpaired) electrons. The van der Waals surface area contributed by atoms with E-state index in [1.165, 1.54) is 29.2 Å². The van der Waals surface area contributed by atoms with Crippen molar-refractivity contribution in [3.63, 3.8) is 0 Å². The highest BCUT2D eigenvalue weighted by molar-refractivity contribution is 8.04. The van der Waals surface area contributed by atoms with Crippen LogP contribution in [0, 0.1) is 23.1 Å². The van der Waals surface area contributed by atoms with Crippen LogP contribution in [-0.4, -0.2) is 27.6 Å². The Morgan fingerprint density at radius 2 is 2.13 bits per heavy atom. The van der Waals surface area contributed by atoms with Crippen LogP contribution in [0.1, 0.15) is 57.7 Å². The van der Waals surface area contributed by atoms with Crippen molar-refractivity contribution in [2.24, 2.45) is 17.3 Å². The summed E-state index contributed by atoms with van der Waals surface area (Å²) >= 11 is 7.73. The Balaban J connectivity index is 1.44. The molecule has 4 heterocycles. The van der Waals surface area contributed by atoms with Crippen LogP contribution in [0.4, 0.5) is 4.39 Å². The van der Waals surface area contributed by atoms with E-state index in [9.17, 15) is 14.0 Å². The predicted molar refractivity (Wildman–Crippen MR) is 153 cm³/mol. The maximum Gasteiger partial charge on any atom is 0.420 e. The fourth-order valence-electron chi connectivity index (χ4n) is 5.93. The molecule has 39 heavy (non-hydrogen) atoms. The van der Waals surface area contributed by atoms with Crippen LogP contribution in [0.25, 0.3) is 16.7 Å². The van der Waals surface area contributed by atoms with E-state index < -0.39 is 11.6 Å². The van der Waals surface area contributed by atoms with Gasteiger partial charge in [-0.25, -0.2) is 9.18 Å². The summed E-state index contributed by atoms with van der Waals surface area (Å²) in [4.78, 5) is 30.6. The number of allylic oxidation sites excluding steroid dienone is 2. The maximum absolute atomic E-state index is 13.6. The van der Waals surface area contributed by atoms with E-state index in [2.05, 4.69) is 31.1 Å². The fraction of sp³-hybridized carbons (Fsp3) is 0.433. The maximum atomic E-state index is 13.6. The molecule has 1 saturated carbocycles. The number of hydrogen-bond donors (Lipinski definition) is 1. The van der Waals surface area contributed by atoms with Crippen molar-refractivity contribution in [3.8, 4) is 0 Å². The number of nitrogens with zero attached hydrogens (tertiary/aromatic N) is 2. The van der Waals surface area contributed by atoms with Gasteiger partial charge in [-0.15, -0.1) is 11.8 Å². The Morgan fingerprint density at radius 3 is 2.82 bits per heavy atom. The monoisotopic (exact) mass is 567 g/mol. The van der Waals surface area contributed by atoms with Crippen LogP contribution in [-0.2, 0) is 11.3 Å². The standard InChI is InChI=1S/C30H31ClFN3O3S/c1-16(2)8-23-20(14-36)26(27-28(34-23)30(3,15-39-27)11-17-4-5-17)18-6-7-24-25(9-18)38-29(37)35(24)13-19-10-21(31)22(32)12-33-19/h6-7,9-10,12,14,16-17,23,34H,4-5,8,11,13,15H2,1-3H3. The number of pyridine rings is 1. The van der Waals surface area contributed by atoms with E-state index in [0.717, 1.165) is 58.6 Å². The SMILES string of the molecule is CC(C)CC1NC2=C(SCC2(C)CC2CC2)C(c2ccc3c(c2)oc(=O)n3Cc2cc(Cl)c(F)cn2)=C1C=O. The molecule has 2 unspecified atom stereocenters. The van der Waals surface area contributed by atoms with Gasteiger partial charge in [-0.2, -0.15) is 0 Å². The molecule has 2 aromatic heterocycles. The second-order valence-electron chi connectivity index (χ2n) is 11.7. The highest BCUT2D eigenvalue weighted by Gasteiger charge is 2.46. The molecular formula is C30H31ClFN3O3S. The molecule has 1 aliphatic carbocycles. The first-order chi connectivity index (χ1) is 18.7. The molecule has 1 aromatic carbocycles. The quantitative estimate of drug-likeness (QED) is 0.310. The molecule has 3 aliphatic rings. The number of carbonyl (C=O) groups is 1. The number of aldehydes is 1. The van der Waals surface area contributed by atoms with Crippen LogP contribution in [0.2, 0.25) is 5.02 Å². The number of hydrogen-bond acceptors (Lipinski definition) is 6. The zero-order chi connectivity index (χ0) is 27.5.